The van der Waals surface area contributed by atoms with E-state index in [1.807, 2.05) is 43.3 Å². The van der Waals surface area contributed by atoms with Gasteiger partial charge in [0.2, 0.25) is 34.8 Å². The van der Waals surface area contributed by atoms with Gasteiger partial charge >= 0.3 is 5.97 Å². The monoisotopic (exact) mass is 599 g/mol. The molecule has 0 aliphatic rings. The van der Waals surface area contributed by atoms with E-state index in [1.54, 1.807) is 6.07 Å². The molecule has 0 fully saturated rings. The summed E-state index contributed by atoms with van der Waals surface area (Å²) >= 11 is 0. The first kappa shape index (κ1) is 30.6. The lowest BCUT2D eigenvalue weighted by molar-refractivity contribution is 0.0716. The van der Waals surface area contributed by atoms with Gasteiger partial charge in [-0.05, 0) is 48.5 Å². The second-order valence-corrected chi connectivity index (χ2v) is 8.84. The van der Waals surface area contributed by atoms with Crippen LogP contribution in [0.2, 0.25) is 0 Å². The molecule has 0 radical (unpaired) electrons. The average Bonchev–Trinajstić information content (AvgIpc) is 3.03. The van der Waals surface area contributed by atoms with Crippen molar-refractivity contribution in [1.82, 2.24) is 0 Å². The fourth-order valence-electron chi connectivity index (χ4n) is 3.55. The van der Waals surface area contributed by atoms with E-state index >= 15 is 0 Å². The number of ether oxygens (including phenoxy) is 3. The average molecular weight is 600 g/mol. The number of carbonyl (C=O) groups is 1. The lowest BCUT2D eigenvalue weighted by Gasteiger charge is -2.11. The highest BCUT2D eigenvalue weighted by Gasteiger charge is 2.29. The second-order valence-electron chi connectivity index (χ2n) is 8.84. The van der Waals surface area contributed by atoms with E-state index in [1.165, 1.54) is 32.4 Å². The zero-order valence-corrected chi connectivity index (χ0v) is 23.0. The summed E-state index contributed by atoms with van der Waals surface area (Å²) in [6, 6.07) is 15.5. The Hall–Kier alpha value is -5.40. The smallest absolute Gasteiger partial charge is 0.343 e. The van der Waals surface area contributed by atoms with E-state index in [2.05, 4.69) is 25.2 Å². The van der Waals surface area contributed by atoms with Gasteiger partial charge in [0.15, 0.2) is 0 Å². The van der Waals surface area contributed by atoms with Crippen LogP contribution in [0.25, 0.3) is 0 Å². The maximum absolute atomic E-state index is 13.8. The van der Waals surface area contributed by atoms with Crippen LogP contribution in [0.4, 0.5) is 50.4 Å². The summed E-state index contributed by atoms with van der Waals surface area (Å²) in [5.74, 6) is -13.8. The minimum absolute atomic E-state index is 0.235. The van der Waals surface area contributed by atoms with E-state index in [0.29, 0.717) is 22.9 Å². The van der Waals surface area contributed by atoms with E-state index in [4.69, 9.17) is 9.47 Å². The van der Waals surface area contributed by atoms with Crippen LogP contribution in [0, 0.1) is 29.1 Å². The zero-order valence-electron chi connectivity index (χ0n) is 23.0. The Balaban J connectivity index is 1.51. The number of nitrogens with zero attached hydrogens (tertiary/aromatic N) is 5. The summed E-state index contributed by atoms with van der Waals surface area (Å²) < 4.78 is 83.0. The van der Waals surface area contributed by atoms with Gasteiger partial charge in [0.05, 0.1) is 31.2 Å². The molecule has 0 amide bonds. The van der Waals surface area contributed by atoms with Crippen molar-refractivity contribution in [3.8, 4) is 17.2 Å². The Morgan fingerprint density at radius 3 is 1.47 bits per heavy atom. The molecule has 4 aromatic rings. The SMILES string of the molecule is COc1cc(/N=N/c2ccc(N(C)C)cc2)c(OC)cc1/N=N/c1ccc(C(=O)Oc2c(F)c(F)c(F)c(F)c2F)cc1. The number of esters is 1. The molecule has 0 aliphatic heterocycles. The molecule has 43 heavy (non-hydrogen) atoms. The molecule has 0 spiro atoms. The first-order chi connectivity index (χ1) is 20.5. The van der Waals surface area contributed by atoms with Crippen molar-refractivity contribution in [2.75, 3.05) is 33.2 Å². The molecular weight excluding hydrogens is 577 g/mol. The van der Waals surface area contributed by atoms with Crippen molar-refractivity contribution in [3.63, 3.8) is 0 Å². The van der Waals surface area contributed by atoms with Crippen LogP contribution in [0.15, 0.2) is 81.1 Å². The van der Waals surface area contributed by atoms with Gasteiger partial charge in [-0.1, -0.05) is 0 Å². The first-order valence-electron chi connectivity index (χ1n) is 12.2. The Morgan fingerprint density at radius 1 is 0.628 bits per heavy atom. The lowest BCUT2D eigenvalue weighted by Crippen LogP contribution is -2.13. The molecule has 14 heteroatoms. The topological polar surface area (TPSA) is 97.4 Å². The van der Waals surface area contributed by atoms with E-state index in [9.17, 15) is 26.7 Å². The molecule has 9 nitrogen and oxygen atoms in total. The van der Waals surface area contributed by atoms with Crippen molar-refractivity contribution >= 4 is 34.4 Å². The third-order valence-electron chi connectivity index (χ3n) is 5.86. The quantitative estimate of drug-likeness (QED) is 0.0480. The number of halogens is 5. The van der Waals surface area contributed by atoms with Crippen LogP contribution in [0.1, 0.15) is 10.4 Å². The van der Waals surface area contributed by atoms with Gasteiger partial charge in [-0.3, -0.25) is 0 Å². The number of rotatable bonds is 9. The molecule has 0 saturated heterocycles. The number of hydrogen-bond acceptors (Lipinski definition) is 9. The van der Waals surface area contributed by atoms with E-state index < -0.39 is 40.8 Å². The highest BCUT2D eigenvalue weighted by molar-refractivity contribution is 5.91. The third kappa shape index (κ3) is 6.74. The van der Waals surface area contributed by atoms with Crippen molar-refractivity contribution in [3.05, 3.63) is 95.3 Å². The Morgan fingerprint density at radius 2 is 1.05 bits per heavy atom. The van der Waals surface area contributed by atoms with Crippen LogP contribution in [-0.4, -0.2) is 34.3 Å². The highest BCUT2D eigenvalue weighted by Crippen LogP contribution is 2.41. The molecule has 0 bridgehead atoms. The largest absolute Gasteiger partial charge is 0.494 e. The summed E-state index contributed by atoms with van der Waals surface area (Å²) in [7, 11) is 6.72. The Labute approximate surface area is 241 Å². The third-order valence-corrected chi connectivity index (χ3v) is 5.86. The van der Waals surface area contributed by atoms with Gasteiger partial charge in [-0.25, -0.2) is 18.0 Å². The minimum Gasteiger partial charge on any atom is -0.494 e. The molecule has 0 heterocycles. The number of hydrogen-bond donors (Lipinski definition) is 0. The first-order valence-corrected chi connectivity index (χ1v) is 12.2. The van der Waals surface area contributed by atoms with Crippen LogP contribution in [0.5, 0.6) is 17.2 Å². The summed E-state index contributed by atoms with van der Waals surface area (Å²) in [5.41, 5.74) is 2.24. The summed E-state index contributed by atoms with van der Waals surface area (Å²) in [6.07, 6.45) is 0. The summed E-state index contributed by atoms with van der Waals surface area (Å²) in [4.78, 5) is 14.2. The van der Waals surface area contributed by atoms with Gasteiger partial charge in [-0.2, -0.15) is 19.0 Å². The van der Waals surface area contributed by atoms with Gasteiger partial charge in [0.1, 0.15) is 22.9 Å². The summed E-state index contributed by atoms with van der Waals surface area (Å²) in [5, 5.41) is 16.7. The molecule has 0 atom stereocenters. The normalized spacial score (nSPS) is 11.3. The van der Waals surface area contributed by atoms with Crippen molar-refractivity contribution in [2.45, 2.75) is 0 Å². The number of carbonyl (C=O) groups excluding carboxylic acids is 1. The minimum atomic E-state index is -2.37. The van der Waals surface area contributed by atoms with Gasteiger partial charge in [-0.15, -0.1) is 10.2 Å². The van der Waals surface area contributed by atoms with Crippen molar-refractivity contribution < 1.29 is 41.0 Å². The second kappa shape index (κ2) is 13.1. The van der Waals surface area contributed by atoms with Crippen molar-refractivity contribution in [2.24, 2.45) is 20.5 Å². The van der Waals surface area contributed by atoms with Gasteiger partial charge < -0.3 is 19.1 Å². The molecule has 0 aromatic heterocycles. The van der Waals surface area contributed by atoms with Gasteiger partial charge in [0, 0.05) is 31.9 Å². The number of azo groups is 2. The number of anilines is 1. The van der Waals surface area contributed by atoms with Gasteiger partial charge in [0.25, 0.3) is 0 Å². The predicted octanol–water partition coefficient (Wildman–Crippen LogP) is 8.52. The Kier molecular flexibility index (Phi) is 9.28. The predicted molar refractivity (Wildman–Crippen MR) is 146 cm³/mol. The fourth-order valence-corrected chi connectivity index (χ4v) is 3.55. The fraction of sp³-hybridized carbons (Fsp3) is 0.138. The van der Waals surface area contributed by atoms with Crippen molar-refractivity contribution in [1.29, 1.82) is 0 Å². The zero-order chi connectivity index (χ0) is 31.3. The standard InChI is InChI=1S/C29H22F5N5O4/c1-39(2)18-11-9-17(10-12-18)36-38-20-14-21(41-3)19(13-22(20)42-4)37-35-16-7-5-15(6-8-16)29(40)43-28-26(33)24(31)23(30)25(32)27(28)34/h5-14H,1-4H3/b37-35+,38-36+. The number of methoxy groups -OCH3 is 2. The molecule has 0 saturated carbocycles. The lowest BCUT2D eigenvalue weighted by atomic mass is 10.2. The van der Waals surface area contributed by atoms with Crippen LogP contribution in [0.3, 0.4) is 0 Å². The van der Waals surface area contributed by atoms with Crippen LogP contribution >= 0.6 is 0 Å². The maximum atomic E-state index is 13.8. The molecule has 0 N–H and O–H groups in total. The van der Waals surface area contributed by atoms with E-state index in [0.717, 1.165) is 17.8 Å². The highest BCUT2D eigenvalue weighted by atomic mass is 19.2. The van der Waals surface area contributed by atoms with Crippen LogP contribution < -0.4 is 19.1 Å². The molecule has 4 rings (SSSR count). The molecule has 0 unspecified atom stereocenters. The van der Waals surface area contributed by atoms with Crippen LogP contribution in [-0.2, 0) is 0 Å². The summed E-state index contributed by atoms with van der Waals surface area (Å²) in [6.45, 7) is 0. The molecule has 4 aromatic carbocycles. The molecular formula is C29H22F5N5O4. The maximum Gasteiger partial charge on any atom is 0.343 e. The molecule has 0 aliphatic carbocycles. The van der Waals surface area contributed by atoms with E-state index in [-0.39, 0.29) is 16.9 Å². The Bertz CT molecular complexity index is 1680. The molecule has 222 valence electrons. The number of benzene rings is 4.